The lowest BCUT2D eigenvalue weighted by molar-refractivity contribution is 0.590. The zero-order valence-corrected chi connectivity index (χ0v) is 14.9. The van der Waals surface area contributed by atoms with Crippen molar-refractivity contribution >= 4 is 6.21 Å². The minimum atomic E-state index is 0.163. The van der Waals surface area contributed by atoms with E-state index in [2.05, 4.69) is 84.8 Å². The highest BCUT2D eigenvalue weighted by atomic mass is 15.4. The Bertz CT molecular complexity index is 847. The van der Waals surface area contributed by atoms with E-state index in [4.69, 9.17) is 0 Å². The quantitative estimate of drug-likeness (QED) is 0.688. The van der Waals surface area contributed by atoms with E-state index in [1.807, 2.05) is 6.21 Å². The van der Waals surface area contributed by atoms with Gasteiger partial charge in [-0.25, -0.2) is 4.68 Å². The van der Waals surface area contributed by atoms with E-state index in [1.165, 1.54) is 16.9 Å². The fraction of sp³-hybridized carbons (Fsp3) is 0.316. The van der Waals surface area contributed by atoms with Crippen LogP contribution in [0.25, 0.3) is 5.69 Å². The summed E-state index contributed by atoms with van der Waals surface area (Å²) in [5.74, 6) is 0. The zero-order chi connectivity index (χ0) is 17.3. The number of hydrogen-bond acceptors (Lipinski definition) is 3. The van der Waals surface area contributed by atoms with Crippen LogP contribution in [0.4, 0.5) is 0 Å². The SMILES string of the molecule is Cc1cc(/C=N\n2cnnc2)c(C)n1-c1ccc(C(C)(C)C)cc1. The number of rotatable bonds is 3. The third-order valence-corrected chi connectivity index (χ3v) is 4.20. The Hall–Kier alpha value is -2.69. The molecular formula is C19H23N5. The van der Waals surface area contributed by atoms with Crippen LogP contribution in [0.2, 0.25) is 0 Å². The molecule has 5 heteroatoms. The molecule has 0 spiro atoms. The van der Waals surface area contributed by atoms with Crippen LogP contribution in [0.3, 0.4) is 0 Å². The van der Waals surface area contributed by atoms with Crippen molar-refractivity contribution in [2.24, 2.45) is 5.10 Å². The van der Waals surface area contributed by atoms with E-state index < -0.39 is 0 Å². The van der Waals surface area contributed by atoms with Gasteiger partial charge in [0.2, 0.25) is 0 Å². The molecule has 0 fully saturated rings. The van der Waals surface area contributed by atoms with E-state index >= 15 is 0 Å². The van der Waals surface area contributed by atoms with Gasteiger partial charge < -0.3 is 4.57 Å². The second kappa shape index (κ2) is 6.07. The van der Waals surface area contributed by atoms with E-state index in [9.17, 15) is 0 Å². The molecule has 3 rings (SSSR count). The van der Waals surface area contributed by atoms with Gasteiger partial charge in [0.15, 0.2) is 0 Å². The van der Waals surface area contributed by atoms with E-state index in [0.717, 1.165) is 11.3 Å². The summed E-state index contributed by atoms with van der Waals surface area (Å²) in [6, 6.07) is 10.9. The molecule has 0 atom stereocenters. The third-order valence-electron chi connectivity index (χ3n) is 4.20. The molecule has 0 aliphatic rings. The summed E-state index contributed by atoms with van der Waals surface area (Å²) in [5, 5.41) is 11.8. The Morgan fingerprint density at radius 3 is 2.21 bits per heavy atom. The number of hydrogen-bond donors (Lipinski definition) is 0. The van der Waals surface area contributed by atoms with Gasteiger partial charge in [0, 0.05) is 22.6 Å². The maximum Gasteiger partial charge on any atom is 0.141 e. The maximum atomic E-state index is 4.35. The number of benzene rings is 1. The molecule has 2 aromatic heterocycles. The standard InChI is InChI=1S/C19H23N5/c1-14-10-16(11-22-23-12-20-21-13-23)15(2)24(14)18-8-6-17(7-9-18)19(3,4)5/h6-13H,1-5H3/b22-11-. The first-order valence-electron chi connectivity index (χ1n) is 8.05. The number of aromatic nitrogens is 4. The van der Waals surface area contributed by atoms with Crippen LogP contribution >= 0.6 is 0 Å². The molecule has 0 aliphatic carbocycles. The normalized spacial score (nSPS) is 12.2. The van der Waals surface area contributed by atoms with Gasteiger partial charge in [-0.05, 0) is 43.0 Å². The first-order valence-corrected chi connectivity index (χ1v) is 8.05. The van der Waals surface area contributed by atoms with Crippen LogP contribution in [-0.4, -0.2) is 25.7 Å². The summed E-state index contributed by atoms with van der Waals surface area (Å²) >= 11 is 0. The van der Waals surface area contributed by atoms with Crippen molar-refractivity contribution in [3.63, 3.8) is 0 Å². The molecule has 0 aliphatic heterocycles. The molecule has 0 radical (unpaired) electrons. The van der Waals surface area contributed by atoms with Crippen LogP contribution in [-0.2, 0) is 5.41 Å². The van der Waals surface area contributed by atoms with Crippen molar-refractivity contribution < 1.29 is 0 Å². The molecule has 24 heavy (non-hydrogen) atoms. The molecule has 5 nitrogen and oxygen atoms in total. The molecule has 0 amide bonds. The van der Waals surface area contributed by atoms with Crippen LogP contribution in [0, 0.1) is 13.8 Å². The molecule has 1 aromatic carbocycles. The fourth-order valence-corrected chi connectivity index (χ4v) is 2.81. The molecule has 0 unspecified atom stereocenters. The Kier molecular flexibility index (Phi) is 4.09. The summed E-state index contributed by atoms with van der Waals surface area (Å²) < 4.78 is 3.84. The lowest BCUT2D eigenvalue weighted by Crippen LogP contribution is -2.11. The molecular weight excluding hydrogens is 298 g/mol. The number of aryl methyl sites for hydroxylation is 1. The Balaban J connectivity index is 1.94. The summed E-state index contributed by atoms with van der Waals surface area (Å²) in [7, 11) is 0. The maximum absolute atomic E-state index is 4.35. The molecule has 3 aromatic rings. The molecule has 0 N–H and O–H groups in total. The van der Waals surface area contributed by atoms with Crippen molar-refractivity contribution in [1.82, 2.24) is 19.4 Å². The van der Waals surface area contributed by atoms with Crippen molar-refractivity contribution in [3.05, 3.63) is 65.5 Å². The average Bonchev–Trinajstić information content (AvgIpc) is 3.13. The molecule has 0 saturated heterocycles. The summed E-state index contributed by atoms with van der Waals surface area (Å²) in [5.41, 5.74) is 6.09. The highest BCUT2D eigenvalue weighted by Crippen LogP contribution is 2.25. The first-order chi connectivity index (χ1) is 11.4. The van der Waals surface area contributed by atoms with Crippen molar-refractivity contribution in [1.29, 1.82) is 0 Å². The smallest absolute Gasteiger partial charge is 0.141 e. The average molecular weight is 321 g/mol. The molecule has 0 bridgehead atoms. The largest absolute Gasteiger partial charge is 0.318 e. The lowest BCUT2D eigenvalue weighted by atomic mass is 9.87. The highest BCUT2D eigenvalue weighted by Gasteiger charge is 2.14. The van der Waals surface area contributed by atoms with Crippen molar-refractivity contribution in [2.45, 2.75) is 40.0 Å². The van der Waals surface area contributed by atoms with Crippen LogP contribution < -0.4 is 0 Å². The Labute approximate surface area is 142 Å². The third kappa shape index (κ3) is 3.15. The van der Waals surface area contributed by atoms with E-state index in [0.29, 0.717) is 0 Å². The summed E-state index contributed by atoms with van der Waals surface area (Å²) in [4.78, 5) is 0. The lowest BCUT2D eigenvalue weighted by Gasteiger charge is -2.20. The Morgan fingerprint density at radius 2 is 1.62 bits per heavy atom. The van der Waals surface area contributed by atoms with Gasteiger partial charge in [-0.1, -0.05) is 32.9 Å². The predicted molar refractivity (Wildman–Crippen MR) is 97.0 cm³/mol. The number of nitrogens with zero attached hydrogens (tertiary/aromatic N) is 5. The van der Waals surface area contributed by atoms with Gasteiger partial charge in [0.25, 0.3) is 0 Å². The first kappa shape index (κ1) is 16.2. The van der Waals surface area contributed by atoms with E-state index in [-0.39, 0.29) is 5.41 Å². The second-order valence-corrected chi connectivity index (χ2v) is 7.05. The van der Waals surface area contributed by atoms with Gasteiger partial charge >= 0.3 is 0 Å². The monoisotopic (exact) mass is 321 g/mol. The molecule has 0 saturated carbocycles. The van der Waals surface area contributed by atoms with Crippen LogP contribution in [0.15, 0.2) is 48.1 Å². The van der Waals surface area contributed by atoms with Crippen LogP contribution in [0.1, 0.15) is 43.3 Å². The van der Waals surface area contributed by atoms with Gasteiger partial charge in [-0.2, -0.15) is 5.10 Å². The van der Waals surface area contributed by atoms with Crippen molar-refractivity contribution in [3.8, 4) is 5.69 Å². The summed E-state index contributed by atoms with van der Waals surface area (Å²) in [6.45, 7) is 10.9. The van der Waals surface area contributed by atoms with Gasteiger partial charge in [-0.15, -0.1) is 10.2 Å². The molecule has 2 heterocycles. The second-order valence-electron chi connectivity index (χ2n) is 7.05. The minimum Gasteiger partial charge on any atom is -0.318 e. The van der Waals surface area contributed by atoms with Gasteiger partial charge in [-0.3, -0.25) is 0 Å². The van der Waals surface area contributed by atoms with Crippen LogP contribution in [0.5, 0.6) is 0 Å². The van der Waals surface area contributed by atoms with Gasteiger partial charge in [0.05, 0.1) is 6.21 Å². The highest BCUT2D eigenvalue weighted by molar-refractivity contribution is 5.82. The van der Waals surface area contributed by atoms with Crippen molar-refractivity contribution in [2.75, 3.05) is 0 Å². The zero-order valence-electron chi connectivity index (χ0n) is 14.9. The predicted octanol–water partition coefficient (Wildman–Crippen LogP) is 3.87. The Morgan fingerprint density at radius 1 is 1.00 bits per heavy atom. The van der Waals surface area contributed by atoms with E-state index in [1.54, 1.807) is 17.3 Å². The minimum absolute atomic E-state index is 0.163. The fourth-order valence-electron chi connectivity index (χ4n) is 2.81. The summed E-state index contributed by atoms with van der Waals surface area (Å²) in [6.07, 6.45) is 4.98. The molecule has 124 valence electrons. The van der Waals surface area contributed by atoms with Gasteiger partial charge in [0.1, 0.15) is 12.7 Å². The topological polar surface area (TPSA) is 48.0 Å².